The highest BCUT2D eigenvalue weighted by Crippen LogP contribution is 2.34. The highest BCUT2D eigenvalue weighted by Gasteiger charge is 2.41. The molecule has 0 aliphatic heterocycles. The van der Waals surface area contributed by atoms with Crippen LogP contribution in [0.4, 0.5) is 0 Å². The van der Waals surface area contributed by atoms with Gasteiger partial charge < -0.3 is 5.32 Å². The Morgan fingerprint density at radius 3 is 2.35 bits per heavy atom. The summed E-state index contributed by atoms with van der Waals surface area (Å²) < 4.78 is 25.4. The van der Waals surface area contributed by atoms with Crippen molar-refractivity contribution in [3.05, 3.63) is 0 Å². The van der Waals surface area contributed by atoms with Crippen LogP contribution in [0.2, 0.25) is 0 Å². The second-order valence-electron chi connectivity index (χ2n) is 6.65. The summed E-state index contributed by atoms with van der Waals surface area (Å²) in [5, 5.41) is 3.32. The molecule has 1 saturated carbocycles. The van der Waals surface area contributed by atoms with Gasteiger partial charge in [0.2, 0.25) is 0 Å². The van der Waals surface area contributed by atoms with Gasteiger partial charge in [-0.15, -0.1) is 0 Å². The van der Waals surface area contributed by atoms with Gasteiger partial charge in [-0.25, -0.2) is 8.42 Å². The number of hydrogen-bond acceptors (Lipinski definition) is 3. The fourth-order valence-corrected chi connectivity index (χ4v) is 6.06. The quantitative estimate of drug-likeness (QED) is 0.699. The van der Waals surface area contributed by atoms with Crippen LogP contribution in [0.25, 0.3) is 0 Å². The first-order valence-electron chi connectivity index (χ1n) is 8.37. The van der Waals surface area contributed by atoms with Gasteiger partial charge in [-0.05, 0) is 44.1 Å². The lowest BCUT2D eigenvalue weighted by Crippen LogP contribution is -2.52. The molecular formula is C16H33NO2S. The topological polar surface area (TPSA) is 46.2 Å². The van der Waals surface area contributed by atoms with Crippen LogP contribution in [0, 0.1) is 11.8 Å². The van der Waals surface area contributed by atoms with Crippen LogP contribution in [0.15, 0.2) is 0 Å². The molecule has 0 radical (unpaired) electrons. The molecule has 1 rings (SSSR count). The molecule has 0 aromatic carbocycles. The van der Waals surface area contributed by atoms with Crippen molar-refractivity contribution in [3.8, 4) is 0 Å². The normalized spacial score (nSPS) is 31.4. The SMILES string of the molecule is CCCCCS(=O)(=O)C1C(C)CC(C)CC1NCCC. The largest absolute Gasteiger partial charge is 0.313 e. The van der Waals surface area contributed by atoms with E-state index in [1.807, 2.05) is 0 Å². The van der Waals surface area contributed by atoms with E-state index in [1.165, 1.54) is 0 Å². The van der Waals surface area contributed by atoms with Crippen LogP contribution in [-0.4, -0.2) is 32.0 Å². The van der Waals surface area contributed by atoms with E-state index >= 15 is 0 Å². The van der Waals surface area contributed by atoms with Gasteiger partial charge in [0, 0.05) is 6.04 Å². The lowest BCUT2D eigenvalue weighted by Gasteiger charge is -2.39. The van der Waals surface area contributed by atoms with Crippen molar-refractivity contribution in [1.29, 1.82) is 0 Å². The lowest BCUT2D eigenvalue weighted by molar-refractivity contribution is 0.242. The first-order valence-corrected chi connectivity index (χ1v) is 10.1. The highest BCUT2D eigenvalue weighted by molar-refractivity contribution is 7.92. The maximum Gasteiger partial charge on any atom is 0.154 e. The van der Waals surface area contributed by atoms with Crippen molar-refractivity contribution >= 4 is 9.84 Å². The van der Waals surface area contributed by atoms with Gasteiger partial charge in [-0.1, -0.05) is 40.5 Å². The maximum absolute atomic E-state index is 12.7. The zero-order chi connectivity index (χ0) is 15.2. The molecule has 0 saturated heterocycles. The third-order valence-corrected chi connectivity index (χ3v) is 6.97. The predicted molar refractivity (Wildman–Crippen MR) is 86.7 cm³/mol. The average molecular weight is 304 g/mol. The Balaban J connectivity index is 2.78. The Morgan fingerprint density at radius 2 is 1.75 bits per heavy atom. The molecule has 4 unspecified atom stereocenters. The van der Waals surface area contributed by atoms with E-state index in [2.05, 4.69) is 33.0 Å². The monoisotopic (exact) mass is 303 g/mol. The van der Waals surface area contributed by atoms with E-state index in [9.17, 15) is 8.42 Å². The minimum Gasteiger partial charge on any atom is -0.313 e. The number of hydrogen-bond donors (Lipinski definition) is 1. The molecule has 1 aliphatic carbocycles. The van der Waals surface area contributed by atoms with Crippen molar-refractivity contribution in [3.63, 3.8) is 0 Å². The van der Waals surface area contributed by atoms with Gasteiger partial charge in [-0.2, -0.15) is 0 Å². The second-order valence-corrected chi connectivity index (χ2v) is 8.93. The number of rotatable bonds is 8. The Hall–Kier alpha value is -0.0900. The van der Waals surface area contributed by atoms with Gasteiger partial charge >= 0.3 is 0 Å². The van der Waals surface area contributed by atoms with Crippen molar-refractivity contribution in [2.24, 2.45) is 11.8 Å². The van der Waals surface area contributed by atoms with Crippen LogP contribution < -0.4 is 5.32 Å². The molecule has 0 aromatic heterocycles. The predicted octanol–water partition coefficient (Wildman–Crippen LogP) is 3.39. The van der Waals surface area contributed by atoms with E-state index in [0.717, 1.165) is 45.1 Å². The molecule has 4 atom stereocenters. The van der Waals surface area contributed by atoms with Gasteiger partial charge in [-0.3, -0.25) is 0 Å². The van der Waals surface area contributed by atoms with E-state index in [4.69, 9.17) is 0 Å². The molecule has 0 amide bonds. The molecule has 3 nitrogen and oxygen atoms in total. The Morgan fingerprint density at radius 1 is 1.05 bits per heavy atom. The molecule has 20 heavy (non-hydrogen) atoms. The Labute approximate surface area is 125 Å². The molecule has 0 aromatic rings. The summed E-state index contributed by atoms with van der Waals surface area (Å²) in [6.45, 7) is 9.54. The summed E-state index contributed by atoms with van der Waals surface area (Å²) >= 11 is 0. The van der Waals surface area contributed by atoms with Gasteiger partial charge in [0.15, 0.2) is 9.84 Å². The Kier molecular flexibility index (Phi) is 7.52. The summed E-state index contributed by atoms with van der Waals surface area (Å²) in [7, 11) is -2.97. The van der Waals surface area contributed by atoms with E-state index in [1.54, 1.807) is 0 Å². The van der Waals surface area contributed by atoms with Crippen LogP contribution in [0.5, 0.6) is 0 Å². The summed E-state index contributed by atoms with van der Waals surface area (Å²) in [6, 6.07) is 0.153. The zero-order valence-corrected chi connectivity index (χ0v) is 14.5. The third-order valence-electron chi connectivity index (χ3n) is 4.49. The maximum atomic E-state index is 12.7. The fourth-order valence-electron chi connectivity index (χ4n) is 3.65. The van der Waals surface area contributed by atoms with E-state index < -0.39 is 9.84 Å². The zero-order valence-electron chi connectivity index (χ0n) is 13.7. The minimum atomic E-state index is -2.97. The second kappa shape index (κ2) is 8.38. The standard InChI is InChI=1S/C16H33NO2S/c1-5-7-8-10-20(18,19)16-14(4)11-13(3)12-15(16)17-9-6-2/h13-17H,5-12H2,1-4H3. The molecule has 0 bridgehead atoms. The number of nitrogens with one attached hydrogen (secondary N) is 1. The summed E-state index contributed by atoms with van der Waals surface area (Å²) in [5.41, 5.74) is 0. The Bertz CT molecular complexity index is 367. The van der Waals surface area contributed by atoms with Crippen LogP contribution in [-0.2, 0) is 9.84 Å². The van der Waals surface area contributed by atoms with Crippen molar-refractivity contribution in [1.82, 2.24) is 5.32 Å². The minimum absolute atomic E-state index is 0.153. The summed E-state index contributed by atoms with van der Waals surface area (Å²) in [4.78, 5) is 0. The smallest absolute Gasteiger partial charge is 0.154 e. The third kappa shape index (κ3) is 5.03. The summed E-state index contributed by atoms with van der Waals surface area (Å²) in [5.74, 6) is 1.27. The molecule has 0 spiro atoms. The molecular weight excluding hydrogens is 270 g/mol. The summed E-state index contributed by atoms with van der Waals surface area (Å²) in [6.07, 6.45) is 6.01. The molecule has 0 heterocycles. The first kappa shape index (κ1) is 18.0. The van der Waals surface area contributed by atoms with Crippen LogP contribution >= 0.6 is 0 Å². The van der Waals surface area contributed by atoms with E-state index in [-0.39, 0.29) is 17.2 Å². The lowest BCUT2D eigenvalue weighted by atomic mass is 9.80. The number of sulfone groups is 1. The van der Waals surface area contributed by atoms with Crippen molar-refractivity contribution < 1.29 is 8.42 Å². The van der Waals surface area contributed by atoms with Crippen molar-refractivity contribution in [2.75, 3.05) is 12.3 Å². The molecule has 1 aliphatic rings. The molecule has 1 fully saturated rings. The highest BCUT2D eigenvalue weighted by atomic mass is 32.2. The average Bonchev–Trinajstić information content (AvgIpc) is 2.35. The fraction of sp³-hybridized carbons (Fsp3) is 1.00. The van der Waals surface area contributed by atoms with Gasteiger partial charge in [0.25, 0.3) is 0 Å². The van der Waals surface area contributed by atoms with E-state index in [0.29, 0.717) is 11.7 Å². The van der Waals surface area contributed by atoms with Gasteiger partial charge in [0.05, 0.1) is 11.0 Å². The molecule has 4 heteroatoms. The first-order chi connectivity index (χ1) is 9.42. The molecule has 1 N–H and O–H groups in total. The molecule has 120 valence electrons. The van der Waals surface area contributed by atoms with Crippen LogP contribution in [0.3, 0.4) is 0 Å². The van der Waals surface area contributed by atoms with Gasteiger partial charge in [0.1, 0.15) is 0 Å². The number of unbranched alkanes of at least 4 members (excludes halogenated alkanes) is 2. The van der Waals surface area contributed by atoms with Crippen molar-refractivity contribution in [2.45, 2.75) is 77.5 Å². The van der Waals surface area contributed by atoms with Crippen LogP contribution in [0.1, 0.15) is 66.2 Å².